The van der Waals surface area contributed by atoms with E-state index in [1.807, 2.05) is 6.92 Å². The van der Waals surface area contributed by atoms with Gasteiger partial charge in [0.25, 0.3) is 0 Å². The number of aromatic nitrogens is 2. The van der Waals surface area contributed by atoms with Gasteiger partial charge < -0.3 is 19.9 Å². The quantitative estimate of drug-likeness (QED) is 0.274. The molecule has 0 saturated carbocycles. The molecule has 10 nitrogen and oxygen atoms in total. The molecule has 1 fully saturated rings. The van der Waals surface area contributed by atoms with E-state index in [-0.39, 0.29) is 23.6 Å². The van der Waals surface area contributed by atoms with Crippen LogP contribution in [0.4, 0.5) is 4.79 Å². The van der Waals surface area contributed by atoms with E-state index in [1.165, 1.54) is 46.7 Å². The second-order valence-corrected chi connectivity index (χ2v) is 9.55. The van der Waals surface area contributed by atoms with Crippen molar-refractivity contribution >= 4 is 52.9 Å². The van der Waals surface area contributed by atoms with Gasteiger partial charge in [-0.3, -0.25) is 9.69 Å². The van der Waals surface area contributed by atoms with Crippen LogP contribution in [-0.4, -0.2) is 68.9 Å². The summed E-state index contributed by atoms with van der Waals surface area (Å²) in [6.07, 6.45) is -2.12. The van der Waals surface area contributed by atoms with Crippen molar-refractivity contribution in [1.29, 1.82) is 0 Å². The van der Waals surface area contributed by atoms with Crippen LogP contribution in [0.3, 0.4) is 0 Å². The molecular weight excluding hydrogens is 440 g/mol. The predicted molar refractivity (Wildman–Crippen MR) is 107 cm³/mol. The highest BCUT2D eigenvalue weighted by molar-refractivity contribution is 8.01. The highest BCUT2D eigenvalue weighted by atomic mass is 32.2. The second-order valence-electron chi connectivity index (χ2n) is 6.04. The molecule has 29 heavy (non-hydrogen) atoms. The van der Waals surface area contributed by atoms with Crippen molar-refractivity contribution in [1.82, 2.24) is 15.1 Å². The van der Waals surface area contributed by atoms with Crippen LogP contribution in [0.15, 0.2) is 15.6 Å². The number of aryl methyl sites for hydroxylation is 1. The average Bonchev–Trinajstić information content (AvgIpc) is 3.10. The van der Waals surface area contributed by atoms with Crippen molar-refractivity contribution in [2.75, 3.05) is 18.1 Å². The zero-order valence-electron chi connectivity index (χ0n) is 15.9. The lowest BCUT2D eigenvalue weighted by atomic mass is 10.0. The lowest BCUT2D eigenvalue weighted by molar-refractivity contribution is -0.168. The minimum Gasteiger partial charge on any atom is -0.435 e. The highest BCUT2D eigenvalue weighted by Crippen LogP contribution is 2.41. The summed E-state index contributed by atoms with van der Waals surface area (Å²) < 4.78 is 15.5. The lowest BCUT2D eigenvalue weighted by Gasteiger charge is -2.48. The molecule has 1 amide bonds. The number of carbonyl (C=O) groups excluding carboxylic acids is 3. The fourth-order valence-corrected chi connectivity index (χ4v) is 5.93. The van der Waals surface area contributed by atoms with Crippen molar-refractivity contribution in [2.45, 2.75) is 42.8 Å². The second kappa shape index (κ2) is 9.32. The molecule has 2 unspecified atom stereocenters. The van der Waals surface area contributed by atoms with Gasteiger partial charge in [0, 0.05) is 18.4 Å². The number of nitrogens with zero attached hydrogens (tertiary/aromatic N) is 3. The summed E-state index contributed by atoms with van der Waals surface area (Å²) in [5.74, 6) is -0.145. The van der Waals surface area contributed by atoms with E-state index < -0.39 is 24.5 Å². The number of rotatable bonds is 7. The van der Waals surface area contributed by atoms with Crippen molar-refractivity contribution in [2.24, 2.45) is 5.73 Å². The fourth-order valence-electron chi connectivity index (χ4n) is 2.68. The molecule has 1 aromatic heterocycles. The Bertz CT molecular complexity index is 844. The number of fused-ring (bicyclic) bond motifs is 1. The molecule has 2 aliphatic heterocycles. The largest absolute Gasteiger partial charge is 0.511 e. The first kappa shape index (κ1) is 21.9. The van der Waals surface area contributed by atoms with E-state index in [9.17, 15) is 14.4 Å². The standard InChI is InChI=1S/C16H20N4O6S3/c1-4-24-16(23)26-8(3)25-14(22)11-9(6-28-15-19-18-7(2)29-15)5-27-13-10(17)12(21)20(11)13/h8,10,13H,4-6,17H2,1-3H3/t8?,10?,13-/m0/s1. The number of β-lactam (4-membered cyclic amide) rings is 1. The van der Waals surface area contributed by atoms with Gasteiger partial charge in [0.2, 0.25) is 12.2 Å². The molecule has 0 aliphatic carbocycles. The van der Waals surface area contributed by atoms with Crippen molar-refractivity contribution < 1.29 is 28.6 Å². The van der Waals surface area contributed by atoms with Gasteiger partial charge in [-0.25, -0.2) is 9.59 Å². The Hall–Kier alpha value is -1.83. The summed E-state index contributed by atoms with van der Waals surface area (Å²) in [5, 5.41) is 8.55. The molecule has 2 aliphatic rings. The minimum atomic E-state index is -1.17. The molecule has 0 spiro atoms. The van der Waals surface area contributed by atoms with Crippen LogP contribution in [0.5, 0.6) is 0 Å². The molecule has 0 aromatic carbocycles. The number of thioether (sulfide) groups is 2. The molecule has 3 heterocycles. The summed E-state index contributed by atoms with van der Waals surface area (Å²) in [4.78, 5) is 37.9. The number of hydrogen-bond acceptors (Lipinski definition) is 12. The van der Waals surface area contributed by atoms with Crippen LogP contribution in [0.1, 0.15) is 18.9 Å². The van der Waals surface area contributed by atoms with Gasteiger partial charge in [0.15, 0.2) is 4.34 Å². The molecule has 158 valence electrons. The molecule has 13 heteroatoms. The Labute approximate surface area is 179 Å². The summed E-state index contributed by atoms with van der Waals surface area (Å²) in [6, 6.07) is -0.656. The number of carbonyl (C=O) groups is 3. The highest BCUT2D eigenvalue weighted by Gasteiger charge is 2.52. The van der Waals surface area contributed by atoms with Crippen LogP contribution in [0, 0.1) is 6.92 Å². The third kappa shape index (κ3) is 4.85. The fraction of sp³-hybridized carbons (Fsp3) is 0.562. The Morgan fingerprint density at radius 1 is 1.38 bits per heavy atom. The van der Waals surface area contributed by atoms with Crippen LogP contribution < -0.4 is 5.73 Å². The zero-order valence-corrected chi connectivity index (χ0v) is 18.4. The van der Waals surface area contributed by atoms with E-state index >= 15 is 0 Å². The van der Waals surface area contributed by atoms with Crippen LogP contribution in [0.25, 0.3) is 0 Å². The maximum Gasteiger partial charge on any atom is 0.511 e. The van der Waals surface area contributed by atoms with E-state index in [0.29, 0.717) is 11.5 Å². The maximum atomic E-state index is 12.8. The maximum absolute atomic E-state index is 12.8. The van der Waals surface area contributed by atoms with Gasteiger partial charge in [0.1, 0.15) is 22.1 Å². The topological polar surface area (TPSA) is 134 Å². The van der Waals surface area contributed by atoms with Gasteiger partial charge in [-0.2, -0.15) is 0 Å². The molecule has 3 rings (SSSR count). The van der Waals surface area contributed by atoms with Gasteiger partial charge in [-0.15, -0.1) is 22.0 Å². The van der Waals surface area contributed by atoms with Gasteiger partial charge in [0.05, 0.1) is 6.61 Å². The van der Waals surface area contributed by atoms with E-state index in [1.54, 1.807) is 6.92 Å². The monoisotopic (exact) mass is 460 g/mol. The van der Waals surface area contributed by atoms with Crippen molar-refractivity contribution in [3.8, 4) is 0 Å². The predicted octanol–water partition coefficient (Wildman–Crippen LogP) is 1.50. The van der Waals surface area contributed by atoms with Gasteiger partial charge in [-0.05, 0) is 19.4 Å². The summed E-state index contributed by atoms with van der Waals surface area (Å²) in [5.41, 5.74) is 6.73. The smallest absolute Gasteiger partial charge is 0.435 e. The first-order valence-electron chi connectivity index (χ1n) is 8.71. The zero-order chi connectivity index (χ0) is 21.1. The molecule has 3 atom stereocenters. The third-order valence-electron chi connectivity index (χ3n) is 3.96. The Morgan fingerprint density at radius 2 is 2.14 bits per heavy atom. The number of hydrogen-bond donors (Lipinski definition) is 1. The average molecular weight is 461 g/mol. The molecule has 1 saturated heterocycles. The Morgan fingerprint density at radius 3 is 2.79 bits per heavy atom. The van der Waals surface area contributed by atoms with Crippen LogP contribution in [0.2, 0.25) is 0 Å². The number of nitrogens with two attached hydrogens (primary N) is 1. The summed E-state index contributed by atoms with van der Waals surface area (Å²) in [6.45, 7) is 5.02. The van der Waals surface area contributed by atoms with E-state index in [2.05, 4.69) is 14.9 Å². The van der Waals surface area contributed by atoms with Crippen molar-refractivity contribution in [3.63, 3.8) is 0 Å². The number of amides is 1. The first-order chi connectivity index (χ1) is 13.8. The lowest BCUT2D eigenvalue weighted by Crippen LogP contribution is -2.68. The van der Waals surface area contributed by atoms with Crippen molar-refractivity contribution in [3.05, 3.63) is 16.3 Å². The molecule has 0 bridgehead atoms. The Balaban J connectivity index is 1.75. The van der Waals surface area contributed by atoms with E-state index in [4.69, 9.17) is 15.2 Å². The molecule has 2 N–H and O–H groups in total. The third-order valence-corrected chi connectivity index (χ3v) is 7.38. The summed E-state index contributed by atoms with van der Waals surface area (Å²) in [7, 11) is 0. The number of esters is 1. The van der Waals surface area contributed by atoms with Gasteiger partial charge >= 0.3 is 12.1 Å². The first-order valence-corrected chi connectivity index (χ1v) is 11.6. The SMILES string of the molecule is CCOC(=O)OC(C)OC(=O)C1=C(CSc2nnc(C)s2)CS[C@H]2C(N)C(=O)N12. The minimum absolute atomic E-state index is 0.135. The van der Waals surface area contributed by atoms with E-state index in [0.717, 1.165) is 14.9 Å². The number of ether oxygens (including phenoxy) is 3. The van der Waals surface area contributed by atoms with Gasteiger partial charge in [-0.1, -0.05) is 23.1 Å². The Kier molecular flexibility index (Phi) is 7.03. The van der Waals surface area contributed by atoms with Crippen LogP contribution in [-0.2, 0) is 23.8 Å². The molecule has 0 radical (unpaired) electrons. The van der Waals surface area contributed by atoms with Crippen LogP contribution >= 0.6 is 34.9 Å². The molecule has 1 aromatic rings. The normalized spacial score (nSPS) is 21.9. The summed E-state index contributed by atoms with van der Waals surface area (Å²) >= 11 is 4.37. The molecular formula is C16H20N4O6S3.